The largest absolute Gasteiger partial charge is 0.419 e. The molecule has 0 amide bonds. The molecule has 0 bridgehead atoms. The van der Waals surface area contributed by atoms with E-state index in [9.17, 15) is 22.4 Å². The fourth-order valence-electron chi connectivity index (χ4n) is 1.19. The molecule has 0 aliphatic carbocycles. The van der Waals surface area contributed by atoms with Gasteiger partial charge in [0.25, 0.3) is 0 Å². The van der Waals surface area contributed by atoms with Gasteiger partial charge < -0.3 is 5.73 Å². The lowest BCUT2D eigenvalue weighted by atomic mass is 10.0. The van der Waals surface area contributed by atoms with Gasteiger partial charge in [0, 0.05) is 0 Å². The van der Waals surface area contributed by atoms with Gasteiger partial charge in [-0.3, -0.25) is 4.79 Å². The number of Topliss-reactive ketones (excluding diaryl/α,β-unsaturated/α-hetero) is 1. The number of carbonyl (C=O) groups is 1. The first-order valence-corrected chi connectivity index (χ1v) is 4.36. The van der Waals surface area contributed by atoms with Crippen LogP contribution in [-0.2, 0) is 11.0 Å². The van der Waals surface area contributed by atoms with Gasteiger partial charge in [0.05, 0.1) is 11.6 Å². The molecule has 0 fully saturated rings. The van der Waals surface area contributed by atoms with Crippen molar-refractivity contribution < 1.29 is 22.4 Å². The first-order valence-electron chi connectivity index (χ1n) is 4.36. The van der Waals surface area contributed by atoms with Crippen LogP contribution in [0.1, 0.15) is 24.1 Å². The van der Waals surface area contributed by atoms with Crippen LogP contribution in [0.2, 0.25) is 0 Å². The van der Waals surface area contributed by atoms with E-state index in [1.165, 1.54) is 0 Å². The minimum atomic E-state index is -4.80. The van der Waals surface area contributed by atoms with Gasteiger partial charge in [-0.1, -0.05) is 6.07 Å². The van der Waals surface area contributed by atoms with Gasteiger partial charge in [-0.25, -0.2) is 4.39 Å². The van der Waals surface area contributed by atoms with E-state index < -0.39 is 29.4 Å². The topological polar surface area (TPSA) is 43.1 Å². The summed E-state index contributed by atoms with van der Waals surface area (Å²) in [6.07, 6.45) is -4.80. The highest BCUT2D eigenvalue weighted by molar-refractivity contribution is 5.82. The van der Waals surface area contributed by atoms with E-state index in [0.29, 0.717) is 12.1 Å². The Labute approximate surface area is 89.1 Å². The van der Waals surface area contributed by atoms with E-state index in [1.807, 2.05) is 0 Å². The van der Waals surface area contributed by atoms with Gasteiger partial charge in [0.1, 0.15) is 5.82 Å². The van der Waals surface area contributed by atoms with Gasteiger partial charge in [0.15, 0.2) is 5.78 Å². The molecule has 1 atom stereocenters. The summed E-state index contributed by atoms with van der Waals surface area (Å²) in [6.45, 7) is 1.15. The van der Waals surface area contributed by atoms with Crippen LogP contribution in [0.25, 0.3) is 0 Å². The number of rotatable bonds is 2. The number of halogens is 4. The third-order valence-electron chi connectivity index (χ3n) is 2.09. The average molecular weight is 235 g/mol. The van der Waals surface area contributed by atoms with Crippen LogP contribution < -0.4 is 5.73 Å². The predicted molar refractivity (Wildman–Crippen MR) is 49.0 cm³/mol. The number of ketones is 1. The van der Waals surface area contributed by atoms with Crippen LogP contribution >= 0.6 is 0 Å². The van der Waals surface area contributed by atoms with Crippen molar-refractivity contribution in [1.29, 1.82) is 0 Å². The molecule has 2 nitrogen and oxygen atoms in total. The molecule has 1 unspecified atom stereocenters. The average Bonchev–Trinajstić information content (AvgIpc) is 2.15. The third-order valence-corrected chi connectivity index (χ3v) is 2.09. The minimum Gasteiger partial charge on any atom is -0.318 e. The lowest BCUT2D eigenvalue weighted by Crippen LogP contribution is -2.20. The van der Waals surface area contributed by atoms with Crippen molar-refractivity contribution >= 4 is 5.78 Å². The van der Waals surface area contributed by atoms with Crippen LogP contribution in [-0.4, -0.2) is 5.78 Å². The monoisotopic (exact) mass is 235 g/mol. The lowest BCUT2D eigenvalue weighted by molar-refractivity contribution is -0.140. The van der Waals surface area contributed by atoms with Crippen LogP contribution in [0, 0.1) is 5.82 Å². The summed E-state index contributed by atoms with van der Waals surface area (Å²) in [5, 5.41) is 0. The zero-order valence-corrected chi connectivity index (χ0v) is 8.31. The first kappa shape index (κ1) is 12.6. The minimum absolute atomic E-state index is 0.0544. The number of hydrogen-bond acceptors (Lipinski definition) is 2. The lowest BCUT2D eigenvalue weighted by Gasteiger charge is -2.12. The molecule has 0 saturated heterocycles. The second-order valence-electron chi connectivity index (χ2n) is 3.33. The van der Waals surface area contributed by atoms with E-state index in [1.54, 1.807) is 0 Å². The van der Waals surface area contributed by atoms with Crippen LogP contribution in [0.15, 0.2) is 18.2 Å². The molecule has 0 saturated carbocycles. The molecule has 0 aliphatic heterocycles. The number of hydrogen-bond donors (Lipinski definition) is 1. The molecule has 0 radical (unpaired) electrons. The fourth-order valence-corrected chi connectivity index (χ4v) is 1.19. The number of carbonyl (C=O) groups excluding carboxylic acids is 1. The summed E-state index contributed by atoms with van der Waals surface area (Å²) < 4.78 is 49.9. The Morgan fingerprint density at radius 1 is 1.38 bits per heavy atom. The fraction of sp³-hybridized carbons (Fsp3) is 0.300. The molecule has 0 spiro atoms. The molecule has 6 heteroatoms. The second-order valence-corrected chi connectivity index (χ2v) is 3.33. The molecule has 16 heavy (non-hydrogen) atoms. The standard InChI is InChI=1S/C10H9F4NO/c1-5(16)9(15)6-2-3-8(11)7(4-6)10(12,13)14/h2-4,9H,15H2,1H3. The molecule has 88 valence electrons. The Morgan fingerprint density at radius 2 is 1.94 bits per heavy atom. The molecule has 1 aromatic rings. The maximum absolute atomic E-state index is 12.9. The van der Waals surface area contributed by atoms with Crippen molar-refractivity contribution in [3.8, 4) is 0 Å². The second kappa shape index (κ2) is 4.21. The van der Waals surface area contributed by atoms with Crippen molar-refractivity contribution in [3.63, 3.8) is 0 Å². The highest BCUT2D eigenvalue weighted by atomic mass is 19.4. The zero-order chi connectivity index (χ0) is 12.5. The number of alkyl halides is 3. The van der Waals surface area contributed by atoms with Gasteiger partial charge in [-0.2, -0.15) is 13.2 Å². The summed E-state index contributed by atoms with van der Waals surface area (Å²) >= 11 is 0. The smallest absolute Gasteiger partial charge is 0.318 e. The number of nitrogens with two attached hydrogens (primary N) is 1. The van der Waals surface area contributed by atoms with E-state index in [2.05, 4.69) is 0 Å². The van der Waals surface area contributed by atoms with Crippen molar-refractivity contribution in [2.75, 3.05) is 0 Å². The molecule has 2 N–H and O–H groups in total. The molecular formula is C10H9F4NO. The maximum Gasteiger partial charge on any atom is 0.419 e. The van der Waals surface area contributed by atoms with E-state index in [-0.39, 0.29) is 5.56 Å². The van der Waals surface area contributed by atoms with Crippen molar-refractivity contribution in [3.05, 3.63) is 35.1 Å². The Hall–Kier alpha value is -1.43. The quantitative estimate of drug-likeness (QED) is 0.800. The molecule has 0 heterocycles. The zero-order valence-electron chi connectivity index (χ0n) is 8.31. The highest BCUT2D eigenvalue weighted by Crippen LogP contribution is 2.32. The molecule has 0 aliphatic rings. The summed E-state index contributed by atoms with van der Waals surface area (Å²) in [7, 11) is 0. The first-order chi connectivity index (χ1) is 7.23. The Morgan fingerprint density at radius 3 is 2.38 bits per heavy atom. The van der Waals surface area contributed by atoms with Crippen molar-refractivity contribution in [2.45, 2.75) is 19.1 Å². The van der Waals surface area contributed by atoms with E-state index >= 15 is 0 Å². The maximum atomic E-state index is 12.9. The van der Waals surface area contributed by atoms with Gasteiger partial charge >= 0.3 is 6.18 Å². The highest BCUT2D eigenvalue weighted by Gasteiger charge is 2.34. The summed E-state index contributed by atoms with van der Waals surface area (Å²) in [6, 6.07) is 1.11. The van der Waals surface area contributed by atoms with E-state index in [0.717, 1.165) is 13.0 Å². The SMILES string of the molecule is CC(=O)C(N)c1ccc(F)c(C(F)(F)F)c1. The van der Waals surface area contributed by atoms with Crippen LogP contribution in [0.5, 0.6) is 0 Å². The van der Waals surface area contributed by atoms with Crippen LogP contribution in [0.4, 0.5) is 17.6 Å². The van der Waals surface area contributed by atoms with Crippen molar-refractivity contribution in [2.24, 2.45) is 5.73 Å². The molecule has 1 rings (SSSR count). The van der Waals surface area contributed by atoms with Gasteiger partial charge in [-0.15, -0.1) is 0 Å². The molecule has 0 aromatic heterocycles. The van der Waals surface area contributed by atoms with Gasteiger partial charge in [-0.05, 0) is 24.6 Å². The van der Waals surface area contributed by atoms with Crippen LogP contribution in [0.3, 0.4) is 0 Å². The normalized spacial score (nSPS) is 13.6. The Balaban J connectivity index is 3.23. The van der Waals surface area contributed by atoms with Crippen molar-refractivity contribution in [1.82, 2.24) is 0 Å². The third kappa shape index (κ3) is 2.57. The number of benzene rings is 1. The summed E-state index contributed by atoms with van der Waals surface area (Å²) in [4.78, 5) is 10.9. The molecular weight excluding hydrogens is 226 g/mol. The summed E-state index contributed by atoms with van der Waals surface area (Å²) in [5.41, 5.74) is 3.89. The summed E-state index contributed by atoms with van der Waals surface area (Å²) in [5.74, 6) is -1.87. The Bertz CT molecular complexity index is 414. The predicted octanol–water partition coefficient (Wildman–Crippen LogP) is 2.43. The Kier molecular flexibility index (Phi) is 3.32. The van der Waals surface area contributed by atoms with E-state index in [4.69, 9.17) is 5.73 Å². The van der Waals surface area contributed by atoms with Gasteiger partial charge in [0.2, 0.25) is 0 Å². The molecule has 1 aromatic carbocycles.